The zero-order valence-electron chi connectivity index (χ0n) is 7.29. The third kappa shape index (κ3) is 2.68. The summed E-state index contributed by atoms with van der Waals surface area (Å²) in [4.78, 5) is 0. The van der Waals surface area contributed by atoms with Crippen LogP contribution in [0.4, 0.5) is 0 Å². The summed E-state index contributed by atoms with van der Waals surface area (Å²) in [5.74, 6) is 0.905. The van der Waals surface area contributed by atoms with Gasteiger partial charge in [0.25, 0.3) is 0 Å². The molecule has 0 aliphatic rings. The van der Waals surface area contributed by atoms with Crippen LogP contribution in [0.5, 0.6) is 0 Å². The Hall–Kier alpha value is -0.800. The minimum atomic E-state index is 0.176. The van der Waals surface area contributed by atoms with Crippen LogP contribution in [0.2, 0.25) is 0 Å². The molecule has 0 saturated carbocycles. The molecule has 3 heteroatoms. The van der Waals surface area contributed by atoms with Gasteiger partial charge in [0.2, 0.25) is 0 Å². The Morgan fingerprint density at radius 1 is 1.67 bits per heavy atom. The molecule has 0 bridgehead atoms. The zero-order valence-corrected chi connectivity index (χ0v) is 7.29. The lowest BCUT2D eigenvalue weighted by Gasteiger charge is -2.11. The van der Waals surface area contributed by atoms with E-state index in [9.17, 15) is 0 Å². The normalized spacial score (nSPS) is 13.2. The number of aliphatic hydroxyl groups excluding tert-OH is 1. The van der Waals surface area contributed by atoms with E-state index in [0.717, 1.165) is 12.2 Å². The molecule has 1 atom stereocenters. The number of hydrogen-bond donors (Lipinski definition) is 2. The summed E-state index contributed by atoms with van der Waals surface area (Å²) in [6.07, 6.45) is 2.58. The largest absolute Gasteiger partial charge is 0.468 e. The lowest BCUT2D eigenvalue weighted by atomic mass is 10.2. The highest BCUT2D eigenvalue weighted by Gasteiger charge is 2.03. The maximum Gasteiger partial charge on any atom is 0.117 e. The Kier molecular flexibility index (Phi) is 3.84. The Balaban J connectivity index is 2.25. The second-order valence-corrected chi connectivity index (χ2v) is 2.75. The van der Waals surface area contributed by atoms with Gasteiger partial charge >= 0.3 is 0 Å². The molecule has 0 fully saturated rings. The third-order valence-corrected chi connectivity index (χ3v) is 1.86. The number of aliphatic hydroxyl groups is 1. The van der Waals surface area contributed by atoms with E-state index in [1.165, 1.54) is 0 Å². The molecular formula is C9H15NO2. The highest BCUT2D eigenvalue weighted by Crippen LogP contribution is 2.00. The van der Waals surface area contributed by atoms with Crippen molar-refractivity contribution in [1.29, 1.82) is 0 Å². The summed E-state index contributed by atoms with van der Waals surface area (Å²) in [6, 6.07) is 3.95. The first-order valence-electron chi connectivity index (χ1n) is 4.23. The molecule has 12 heavy (non-hydrogen) atoms. The minimum absolute atomic E-state index is 0.176. The Bertz CT molecular complexity index is 192. The van der Waals surface area contributed by atoms with Gasteiger partial charge in [-0.05, 0) is 18.6 Å². The van der Waals surface area contributed by atoms with E-state index in [0.29, 0.717) is 6.54 Å². The van der Waals surface area contributed by atoms with E-state index in [2.05, 4.69) is 5.32 Å². The number of rotatable bonds is 5. The molecule has 0 radical (unpaired) electrons. The topological polar surface area (TPSA) is 45.4 Å². The molecule has 0 aromatic carbocycles. The van der Waals surface area contributed by atoms with E-state index in [4.69, 9.17) is 9.52 Å². The fourth-order valence-electron chi connectivity index (χ4n) is 0.996. The van der Waals surface area contributed by atoms with Gasteiger partial charge in [-0.1, -0.05) is 6.92 Å². The van der Waals surface area contributed by atoms with Gasteiger partial charge in [0.1, 0.15) is 5.76 Å². The van der Waals surface area contributed by atoms with Crippen molar-refractivity contribution < 1.29 is 9.52 Å². The molecule has 1 aromatic heterocycles. The highest BCUT2D eigenvalue weighted by atomic mass is 16.3. The van der Waals surface area contributed by atoms with Crippen LogP contribution in [0.15, 0.2) is 22.8 Å². The molecular weight excluding hydrogens is 154 g/mol. The molecule has 3 nitrogen and oxygen atoms in total. The second kappa shape index (κ2) is 4.95. The molecule has 1 rings (SSSR count). The van der Waals surface area contributed by atoms with E-state index in [1.54, 1.807) is 6.26 Å². The Morgan fingerprint density at radius 3 is 3.00 bits per heavy atom. The first kappa shape index (κ1) is 9.29. The van der Waals surface area contributed by atoms with Crippen LogP contribution in [0.3, 0.4) is 0 Å². The quantitative estimate of drug-likeness (QED) is 0.694. The molecule has 68 valence electrons. The summed E-state index contributed by atoms with van der Waals surface area (Å²) in [5.41, 5.74) is 0. The van der Waals surface area contributed by atoms with Gasteiger partial charge in [0.15, 0.2) is 0 Å². The van der Waals surface area contributed by atoms with Crippen LogP contribution >= 0.6 is 0 Å². The van der Waals surface area contributed by atoms with Crippen LogP contribution in [0, 0.1) is 0 Å². The summed E-state index contributed by atoms with van der Waals surface area (Å²) in [7, 11) is 0. The van der Waals surface area contributed by atoms with Crippen LogP contribution < -0.4 is 5.32 Å². The molecule has 0 aliphatic heterocycles. The van der Waals surface area contributed by atoms with Crippen LogP contribution in [0.1, 0.15) is 19.1 Å². The molecule has 1 heterocycles. The van der Waals surface area contributed by atoms with Crippen molar-refractivity contribution >= 4 is 0 Å². The maximum atomic E-state index is 8.86. The molecule has 0 aliphatic carbocycles. The average molecular weight is 169 g/mol. The standard InChI is InChI=1S/C9H15NO2/c1-2-8(7-11)10-6-9-4-3-5-12-9/h3-5,8,10-11H,2,6-7H2,1H3/t8-/m1/s1. The predicted octanol–water partition coefficient (Wildman–Crippen LogP) is 1.14. The smallest absolute Gasteiger partial charge is 0.117 e. The van der Waals surface area contributed by atoms with Gasteiger partial charge in [0, 0.05) is 6.04 Å². The van der Waals surface area contributed by atoms with Crippen LogP contribution in [0.25, 0.3) is 0 Å². The molecule has 2 N–H and O–H groups in total. The summed E-state index contributed by atoms with van der Waals surface area (Å²) in [5, 5.41) is 12.0. The van der Waals surface area contributed by atoms with Gasteiger partial charge < -0.3 is 14.8 Å². The summed E-state index contributed by atoms with van der Waals surface area (Å²) in [6.45, 7) is 2.90. The lowest BCUT2D eigenvalue weighted by Crippen LogP contribution is -2.30. The van der Waals surface area contributed by atoms with Crippen LogP contribution in [-0.2, 0) is 6.54 Å². The third-order valence-electron chi connectivity index (χ3n) is 1.86. The zero-order chi connectivity index (χ0) is 8.81. The lowest BCUT2D eigenvalue weighted by molar-refractivity contribution is 0.235. The fraction of sp³-hybridized carbons (Fsp3) is 0.556. The number of furan rings is 1. The molecule has 0 unspecified atom stereocenters. The van der Waals surface area contributed by atoms with Gasteiger partial charge in [-0.15, -0.1) is 0 Å². The van der Waals surface area contributed by atoms with E-state index >= 15 is 0 Å². The van der Waals surface area contributed by atoms with Crippen molar-refractivity contribution in [2.45, 2.75) is 25.9 Å². The van der Waals surface area contributed by atoms with Gasteiger partial charge in [-0.2, -0.15) is 0 Å². The molecule has 0 saturated heterocycles. The number of nitrogens with one attached hydrogen (secondary N) is 1. The Morgan fingerprint density at radius 2 is 2.50 bits per heavy atom. The van der Waals surface area contributed by atoms with Crippen molar-refractivity contribution in [2.24, 2.45) is 0 Å². The SMILES string of the molecule is CC[C@H](CO)NCc1ccco1. The van der Waals surface area contributed by atoms with E-state index in [-0.39, 0.29) is 12.6 Å². The monoisotopic (exact) mass is 169 g/mol. The van der Waals surface area contributed by atoms with Crippen molar-refractivity contribution in [3.63, 3.8) is 0 Å². The molecule has 1 aromatic rings. The van der Waals surface area contributed by atoms with Crippen molar-refractivity contribution in [1.82, 2.24) is 5.32 Å². The fourth-order valence-corrected chi connectivity index (χ4v) is 0.996. The maximum absolute atomic E-state index is 8.86. The van der Waals surface area contributed by atoms with Gasteiger partial charge in [-0.3, -0.25) is 0 Å². The van der Waals surface area contributed by atoms with Crippen LogP contribution in [-0.4, -0.2) is 17.8 Å². The van der Waals surface area contributed by atoms with Crippen molar-refractivity contribution in [3.05, 3.63) is 24.2 Å². The van der Waals surface area contributed by atoms with Crippen molar-refractivity contribution in [2.75, 3.05) is 6.61 Å². The summed E-state index contributed by atoms with van der Waals surface area (Å²) < 4.78 is 5.13. The average Bonchev–Trinajstić information content (AvgIpc) is 2.59. The van der Waals surface area contributed by atoms with Crippen molar-refractivity contribution in [3.8, 4) is 0 Å². The van der Waals surface area contributed by atoms with Gasteiger partial charge in [0.05, 0.1) is 19.4 Å². The van der Waals surface area contributed by atoms with E-state index < -0.39 is 0 Å². The Labute approximate surface area is 72.4 Å². The predicted molar refractivity (Wildman–Crippen MR) is 46.7 cm³/mol. The molecule has 0 amide bonds. The first-order valence-corrected chi connectivity index (χ1v) is 4.23. The second-order valence-electron chi connectivity index (χ2n) is 2.75. The highest BCUT2D eigenvalue weighted by molar-refractivity contribution is 4.97. The first-order chi connectivity index (χ1) is 5.86. The number of hydrogen-bond acceptors (Lipinski definition) is 3. The molecule has 0 spiro atoms. The minimum Gasteiger partial charge on any atom is -0.468 e. The van der Waals surface area contributed by atoms with E-state index in [1.807, 2.05) is 19.1 Å². The van der Waals surface area contributed by atoms with Gasteiger partial charge in [-0.25, -0.2) is 0 Å². The summed E-state index contributed by atoms with van der Waals surface area (Å²) >= 11 is 0.